The highest BCUT2D eigenvalue weighted by molar-refractivity contribution is 6.00. The van der Waals surface area contributed by atoms with Crippen LogP contribution in [0.15, 0.2) is 60.8 Å². The van der Waals surface area contributed by atoms with Crippen LogP contribution in [0.25, 0.3) is 22.2 Å². The molecule has 10 heteroatoms. The van der Waals surface area contributed by atoms with Crippen LogP contribution in [0.1, 0.15) is 23.2 Å². The Morgan fingerprint density at radius 2 is 1.78 bits per heavy atom. The number of piperidine rings is 1. The number of alkyl halides is 1. The zero-order chi connectivity index (χ0) is 25.2. The lowest BCUT2D eigenvalue weighted by Gasteiger charge is -2.37. The summed E-state index contributed by atoms with van der Waals surface area (Å²) in [6, 6.07) is 16.5. The van der Waals surface area contributed by atoms with Crippen molar-refractivity contribution in [1.82, 2.24) is 24.9 Å². The Kier molecular flexibility index (Phi) is 6.51. The molecule has 0 spiro atoms. The maximum Gasteiger partial charge on any atom is 0.294 e. The van der Waals surface area contributed by atoms with E-state index in [1.54, 1.807) is 40.0 Å². The minimum atomic E-state index is -1.90. The van der Waals surface area contributed by atoms with Crippen LogP contribution in [-0.4, -0.2) is 63.4 Å². The second-order valence-corrected chi connectivity index (χ2v) is 8.89. The number of carbonyl (C=O) groups is 1. The first-order valence-electron chi connectivity index (χ1n) is 11.8. The van der Waals surface area contributed by atoms with Crippen molar-refractivity contribution in [3.63, 3.8) is 0 Å². The molecule has 5 rings (SSSR count). The first kappa shape index (κ1) is 23.7. The number of aromatic nitrogens is 4. The van der Waals surface area contributed by atoms with Crippen molar-refractivity contribution in [2.24, 2.45) is 12.8 Å². The van der Waals surface area contributed by atoms with Crippen LogP contribution in [0, 0.1) is 0 Å². The van der Waals surface area contributed by atoms with Crippen molar-refractivity contribution >= 4 is 22.5 Å². The van der Waals surface area contributed by atoms with Gasteiger partial charge in [0, 0.05) is 55.8 Å². The van der Waals surface area contributed by atoms with Gasteiger partial charge in [-0.1, -0.05) is 24.3 Å². The summed E-state index contributed by atoms with van der Waals surface area (Å²) in [5.74, 6) is 1.04. The van der Waals surface area contributed by atoms with Gasteiger partial charge in [-0.3, -0.25) is 15.2 Å². The summed E-state index contributed by atoms with van der Waals surface area (Å²) in [6.07, 6.45) is 3.36. The molecule has 9 nitrogen and oxygen atoms in total. The molecule has 36 heavy (non-hydrogen) atoms. The Bertz CT molecular complexity index is 1360. The third-order valence-corrected chi connectivity index (χ3v) is 6.71. The molecule has 0 radical (unpaired) electrons. The number of hydrogen-bond donors (Lipinski definition) is 1. The summed E-state index contributed by atoms with van der Waals surface area (Å²) in [7, 11) is 3.71. The van der Waals surface area contributed by atoms with Crippen LogP contribution in [0.3, 0.4) is 0 Å². The van der Waals surface area contributed by atoms with Gasteiger partial charge in [-0.05, 0) is 43.2 Å². The fourth-order valence-electron chi connectivity index (χ4n) is 4.76. The summed E-state index contributed by atoms with van der Waals surface area (Å²) in [5.41, 5.74) is 7.24. The molecule has 1 unspecified atom stereocenters. The number of nitrogens with zero attached hydrogens (tertiary/aromatic N) is 6. The van der Waals surface area contributed by atoms with E-state index in [4.69, 9.17) is 10.5 Å². The van der Waals surface area contributed by atoms with Crippen LogP contribution in [0.5, 0.6) is 5.75 Å². The Labute approximate surface area is 208 Å². The smallest absolute Gasteiger partial charge is 0.294 e. The average Bonchev–Trinajstić information content (AvgIpc) is 3.33. The lowest BCUT2D eigenvalue weighted by Crippen LogP contribution is -2.46. The number of nitrogens with two attached hydrogens (primary N) is 1. The Hall–Kier alpha value is -4.05. The fraction of sp³-hybridized carbons (Fsp3) is 0.308. The van der Waals surface area contributed by atoms with Crippen molar-refractivity contribution in [2.45, 2.75) is 25.4 Å². The quantitative estimate of drug-likeness (QED) is 0.327. The first-order valence-corrected chi connectivity index (χ1v) is 11.8. The predicted molar refractivity (Wildman–Crippen MR) is 135 cm³/mol. The van der Waals surface area contributed by atoms with Gasteiger partial charge in [-0.25, -0.2) is 0 Å². The van der Waals surface area contributed by atoms with Crippen LogP contribution in [0.2, 0.25) is 0 Å². The molecule has 1 aliphatic heterocycles. The van der Waals surface area contributed by atoms with Gasteiger partial charge >= 0.3 is 0 Å². The third-order valence-electron chi connectivity index (χ3n) is 6.71. The highest BCUT2D eigenvalue weighted by Crippen LogP contribution is 2.32. The minimum absolute atomic E-state index is 0.0877. The monoisotopic (exact) mass is 489 g/mol. The van der Waals surface area contributed by atoms with E-state index in [0.29, 0.717) is 5.56 Å². The van der Waals surface area contributed by atoms with Crippen molar-refractivity contribution in [2.75, 3.05) is 25.0 Å². The zero-order valence-corrected chi connectivity index (χ0v) is 20.2. The van der Waals surface area contributed by atoms with Gasteiger partial charge < -0.3 is 14.5 Å². The van der Waals surface area contributed by atoms with Crippen molar-refractivity contribution in [1.29, 1.82) is 0 Å². The van der Waals surface area contributed by atoms with Gasteiger partial charge in [0.2, 0.25) is 0 Å². The molecule has 2 aromatic heterocycles. The average molecular weight is 490 g/mol. The van der Waals surface area contributed by atoms with Gasteiger partial charge in [-0.15, -0.1) is 10.2 Å². The van der Waals surface area contributed by atoms with Gasteiger partial charge in [0.05, 0.1) is 5.69 Å². The number of amides is 1. The summed E-state index contributed by atoms with van der Waals surface area (Å²) in [4.78, 5) is 17.0. The second kappa shape index (κ2) is 9.90. The van der Waals surface area contributed by atoms with Gasteiger partial charge in [-0.2, -0.15) is 9.49 Å². The Morgan fingerprint density at radius 1 is 1.08 bits per heavy atom. The number of hydrogen-bond acceptors (Lipinski definition) is 7. The Balaban J connectivity index is 1.29. The van der Waals surface area contributed by atoms with Crippen molar-refractivity contribution < 1.29 is 13.9 Å². The summed E-state index contributed by atoms with van der Waals surface area (Å²) in [6.45, 7) is -0.382. The number of benzene rings is 2. The molecule has 1 aliphatic rings. The summed E-state index contributed by atoms with van der Waals surface area (Å²) >= 11 is 0. The molecule has 1 atom stereocenters. The highest BCUT2D eigenvalue weighted by Gasteiger charge is 2.28. The molecule has 1 saturated heterocycles. The fourth-order valence-corrected chi connectivity index (χ4v) is 4.76. The van der Waals surface area contributed by atoms with Gasteiger partial charge in [0.15, 0.2) is 5.82 Å². The first-order chi connectivity index (χ1) is 17.4. The molecule has 0 saturated carbocycles. The molecule has 0 bridgehead atoms. The van der Waals surface area contributed by atoms with Crippen LogP contribution < -0.4 is 15.4 Å². The summed E-state index contributed by atoms with van der Waals surface area (Å²) in [5, 5.41) is 15.5. The van der Waals surface area contributed by atoms with Gasteiger partial charge in [0.1, 0.15) is 11.4 Å². The third kappa shape index (κ3) is 4.59. The van der Waals surface area contributed by atoms with E-state index in [1.165, 1.54) is 0 Å². The second-order valence-electron chi connectivity index (χ2n) is 8.89. The van der Waals surface area contributed by atoms with E-state index in [2.05, 4.69) is 32.3 Å². The molecule has 4 aromatic rings. The van der Waals surface area contributed by atoms with Gasteiger partial charge in [0.25, 0.3) is 12.4 Å². The topological polar surface area (TPSA) is 102 Å². The number of aryl methyl sites for hydroxylation is 1. The number of carbonyl (C=O) groups excluding carboxylic acids is 1. The van der Waals surface area contributed by atoms with Crippen molar-refractivity contribution in [3.05, 3.63) is 66.4 Å². The molecule has 0 aliphatic carbocycles. The number of fused-ring (bicyclic) bond motifs is 1. The van der Waals surface area contributed by atoms with E-state index in [-0.39, 0.29) is 17.7 Å². The molecular formula is C26H28FN7O2. The van der Waals surface area contributed by atoms with Crippen LogP contribution in [-0.2, 0) is 7.05 Å². The molecule has 1 fully saturated rings. The molecule has 2 N–H and O–H groups in total. The van der Waals surface area contributed by atoms with E-state index < -0.39 is 6.48 Å². The number of rotatable bonds is 6. The molecule has 2 aromatic carbocycles. The minimum Gasteiger partial charge on any atom is -0.448 e. The van der Waals surface area contributed by atoms with Crippen LogP contribution in [0.4, 0.5) is 10.2 Å². The van der Waals surface area contributed by atoms with Crippen molar-refractivity contribution in [3.8, 4) is 17.1 Å². The van der Waals surface area contributed by atoms with E-state index >= 15 is 0 Å². The van der Waals surface area contributed by atoms with E-state index in [9.17, 15) is 9.18 Å². The normalized spacial score (nSPS) is 15.2. The van der Waals surface area contributed by atoms with Crippen LogP contribution >= 0.6 is 0 Å². The number of ether oxygens (including phenoxy) is 1. The largest absolute Gasteiger partial charge is 0.448 e. The maximum atomic E-state index is 13.0. The standard InChI is InChI=1S/C26H28FN7O2/c1-32(25(35)17-7-9-19(10-8-17)36-26(27)28)18-12-15-34(16-13-18)24-21-6-4-3-5-20(21)23(30-31-24)22-11-14-29-33(22)2/h3-11,14,18,26H,12-13,15-16,28H2,1-2H3. The lowest BCUT2D eigenvalue weighted by atomic mass is 10.0. The molecule has 3 heterocycles. The van der Waals surface area contributed by atoms with E-state index in [1.807, 2.05) is 32.3 Å². The lowest BCUT2D eigenvalue weighted by molar-refractivity contribution is 0.0708. The maximum absolute atomic E-state index is 13.0. The molecule has 186 valence electrons. The molecule has 1 amide bonds. The highest BCUT2D eigenvalue weighted by atomic mass is 19.1. The Morgan fingerprint density at radius 3 is 2.42 bits per heavy atom. The SMILES string of the molecule is CN(C(=O)c1ccc(OC(N)F)cc1)C1CCN(c2nnc(-c3ccnn3C)c3ccccc23)CC1. The molecular weight excluding hydrogens is 461 g/mol. The van der Waals surface area contributed by atoms with E-state index in [0.717, 1.165) is 53.9 Å². The summed E-state index contributed by atoms with van der Waals surface area (Å²) < 4.78 is 19.4. The zero-order valence-electron chi connectivity index (χ0n) is 20.2. The number of halogens is 1. The number of anilines is 1. The predicted octanol–water partition coefficient (Wildman–Crippen LogP) is 3.36.